The second-order valence-electron chi connectivity index (χ2n) is 6.99. The van der Waals surface area contributed by atoms with Gasteiger partial charge >= 0.3 is 0 Å². The minimum absolute atomic E-state index is 0.0948. The van der Waals surface area contributed by atoms with E-state index in [4.69, 9.17) is 4.74 Å². The van der Waals surface area contributed by atoms with Gasteiger partial charge in [0, 0.05) is 17.5 Å². The molecule has 3 heteroatoms. The Balaban J connectivity index is 2.55. The second kappa shape index (κ2) is 6.27. The Morgan fingerprint density at radius 1 is 1.16 bits per heavy atom. The molecule has 0 fully saturated rings. The Kier molecular flexibility index (Phi) is 5.45. The van der Waals surface area contributed by atoms with Crippen molar-refractivity contribution in [3.8, 4) is 5.75 Å². The standard InChI is InChI=1S/C16H26BrNO/c1-12-7-8-14(13(17)9-12)19-11-16(5,6)10-18-15(2,3)4/h7-9,18H,10-11H2,1-6H3. The van der Waals surface area contributed by atoms with Gasteiger partial charge in [0.2, 0.25) is 0 Å². The van der Waals surface area contributed by atoms with E-state index >= 15 is 0 Å². The van der Waals surface area contributed by atoms with Gasteiger partial charge in [-0.2, -0.15) is 0 Å². The third-order valence-corrected chi connectivity index (χ3v) is 3.42. The third-order valence-electron chi connectivity index (χ3n) is 2.80. The van der Waals surface area contributed by atoms with E-state index < -0.39 is 0 Å². The van der Waals surface area contributed by atoms with Crippen LogP contribution in [-0.4, -0.2) is 18.7 Å². The van der Waals surface area contributed by atoms with E-state index in [9.17, 15) is 0 Å². The first-order valence-corrected chi connectivity index (χ1v) is 7.52. The molecule has 0 atom stereocenters. The fourth-order valence-electron chi connectivity index (χ4n) is 1.55. The van der Waals surface area contributed by atoms with Crippen LogP contribution in [0.3, 0.4) is 0 Å². The van der Waals surface area contributed by atoms with Crippen LogP contribution in [0.2, 0.25) is 0 Å². The van der Waals surface area contributed by atoms with Gasteiger partial charge in [0.25, 0.3) is 0 Å². The SMILES string of the molecule is Cc1ccc(OCC(C)(C)CNC(C)(C)C)c(Br)c1. The summed E-state index contributed by atoms with van der Waals surface area (Å²) in [4.78, 5) is 0. The van der Waals surface area contributed by atoms with Crippen molar-refractivity contribution in [3.05, 3.63) is 28.2 Å². The third kappa shape index (κ3) is 6.44. The van der Waals surface area contributed by atoms with Crippen molar-refractivity contribution in [2.45, 2.75) is 47.1 Å². The van der Waals surface area contributed by atoms with Gasteiger partial charge in [0.15, 0.2) is 0 Å². The van der Waals surface area contributed by atoms with Crippen LogP contribution >= 0.6 is 15.9 Å². The topological polar surface area (TPSA) is 21.3 Å². The van der Waals surface area contributed by atoms with Crippen LogP contribution in [0.15, 0.2) is 22.7 Å². The predicted molar refractivity (Wildman–Crippen MR) is 85.9 cm³/mol. The minimum Gasteiger partial charge on any atom is -0.492 e. The molecule has 2 nitrogen and oxygen atoms in total. The highest BCUT2D eigenvalue weighted by atomic mass is 79.9. The molecule has 0 bridgehead atoms. The molecule has 0 unspecified atom stereocenters. The van der Waals surface area contributed by atoms with Crippen molar-refractivity contribution < 1.29 is 4.74 Å². The van der Waals surface area contributed by atoms with Gasteiger partial charge in [-0.25, -0.2) is 0 Å². The number of benzene rings is 1. The van der Waals surface area contributed by atoms with Crippen molar-refractivity contribution >= 4 is 15.9 Å². The van der Waals surface area contributed by atoms with Gasteiger partial charge in [0.05, 0.1) is 11.1 Å². The highest BCUT2D eigenvalue weighted by Crippen LogP contribution is 2.27. The van der Waals surface area contributed by atoms with Gasteiger partial charge in [0.1, 0.15) is 5.75 Å². The molecule has 0 aromatic heterocycles. The van der Waals surface area contributed by atoms with E-state index in [0.717, 1.165) is 16.8 Å². The van der Waals surface area contributed by atoms with Crippen molar-refractivity contribution in [1.82, 2.24) is 5.32 Å². The molecule has 0 heterocycles. The normalized spacial score (nSPS) is 12.6. The number of aryl methyl sites for hydroxylation is 1. The predicted octanol–water partition coefficient (Wildman–Crippen LogP) is 4.55. The Morgan fingerprint density at radius 3 is 2.32 bits per heavy atom. The summed E-state index contributed by atoms with van der Waals surface area (Å²) in [5, 5.41) is 3.53. The first-order valence-electron chi connectivity index (χ1n) is 6.73. The highest BCUT2D eigenvalue weighted by molar-refractivity contribution is 9.10. The van der Waals surface area contributed by atoms with E-state index in [0.29, 0.717) is 6.61 Å². The Labute approximate surface area is 126 Å². The number of halogens is 1. The van der Waals surface area contributed by atoms with Crippen LogP contribution in [0.25, 0.3) is 0 Å². The quantitative estimate of drug-likeness (QED) is 0.856. The Hall–Kier alpha value is -0.540. The number of hydrogen-bond acceptors (Lipinski definition) is 2. The molecular weight excluding hydrogens is 302 g/mol. The van der Waals surface area contributed by atoms with Crippen molar-refractivity contribution in [3.63, 3.8) is 0 Å². The van der Waals surface area contributed by atoms with Crippen LogP contribution in [0, 0.1) is 12.3 Å². The molecule has 19 heavy (non-hydrogen) atoms. The van der Waals surface area contributed by atoms with E-state index in [1.54, 1.807) is 0 Å². The zero-order valence-corrected chi connectivity index (χ0v) is 14.5. The number of ether oxygens (including phenoxy) is 1. The van der Waals surface area contributed by atoms with E-state index in [2.05, 4.69) is 74.9 Å². The maximum atomic E-state index is 5.93. The van der Waals surface area contributed by atoms with Crippen LogP contribution in [-0.2, 0) is 0 Å². The van der Waals surface area contributed by atoms with Gasteiger partial charge < -0.3 is 10.1 Å². The molecular formula is C16H26BrNO. The average molecular weight is 328 g/mol. The van der Waals surface area contributed by atoms with Crippen LogP contribution in [0.1, 0.15) is 40.2 Å². The molecule has 1 aromatic rings. The average Bonchev–Trinajstić information content (AvgIpc) is 2.25. The first-order chi connectivity index (χ1) is 8.59. The number of nitrogens with one attached hydrogen (secondary N) is 1. The lowest BCUT2D eigenvalue weighted by Gasteiger charge is -2.30. The Morgan fingerprint density at radius 2 is 1.79 bits per heavy atom. The van der Waals surface area contributed by atoms with Crippen molar-refractivity contribution in [2.24, 2.45) is 5.41 Å². The summed E-state index contributed by atoms with van der Waals surface area (Å²) in [5.41, 5.74) is 1.46. The van der Waals surface area contributed by atoms with Gasteiger partial charge in [-0.1, -0.05) is 19.9 Å². The van der Waals surface area contributed by atoms with Gasteiger partial charge in [-0.05, 0) is 61.3 Å². The maximum Gasteiger partial charge on any atom is 0.133 e. The largest absolute Gasteiger partial charge is 0.492 e. The minimum atomic E-state index is 0.0948. The summed E-state index contributed by atoms with van der Waals surface area (Å²) < 4.78 is 6.96. The lowest BCUT2D eigenvalue weighted by Crippen LogP contribution is -2.43. The molecule has 0 saturated heterocycles. The first kappa shape index (κ1) is 16.5. The monoisotopic (exact) mass is 327 g/mol. The van der Waals surface area contributed by atoms with Crippen molar-refractivity contribution in [1.29, 1.82) is 0 Å². The molecule has 108 valence electrons. The van der Waals surface area contributed by atoms with E-state index in [1.165, 1.54) is 5.56 Å². The van der Waals surface area contributed by atoms with Gasteiger partial charge in [-0.3, -0.25) is 0 Å². The molecule has 1 rings (SSSR count). The summed E-state index contributed by atoms with van der Waals surface area (Å²) in [6.45, 7) is 14.7. The van der Waals surface area contributed by atoms with Crippen LogP contribution in [0.5, 0.6) is 5.75 Å². The molecule has 0 saturated carbocycles. The fraction of sp³-hybridized carbons (Fsp3) is 0.625. The maximum absolute atomic E-state index is 5.93. The molecule has 0 radical (unpaired) electrons. The smallest absolute Gasteiger partial charge is 0.133 e. The lowest BCUT2D eigenvalue weighted by molar-refractivity contribution is 0.165. The Bertz CT molecular complexity index is 421. The highest BCUT2D eigenvalue weighted by Gasteiger charge is 2.22. The molecule has 1 aromatic carbocycles. The molecule has 0 aliphatic rings. The fourth-order valence-corrected chi connectivity index (χ4v) is 2.16. The van der Waals surface area contributed by atoms with Crippen molar-refractivity contribution in [2.75, 3.05) is 13.2 Å². The van der Waals surface area contributed by atoms with E-state index in [1.807, 2.05) is 6.07 Å². The molecule has 0 aliphatic carbocycles. The molecule has 1 N–H and O–H groups in total. The summed E-state index contributed by atoms with van der Waals surface area (Å²) in [7, 11) is 0. The van der Waals surface area contributed by atoms with Gasteiger partial charge in [-0.15, -0.1) is 0 Å². The summed E-state index contributed by atoms with van der Waals surface area (Å²) in [5.74, 6) is 0.912. The lowest BCUT2D eigenvalue weighted by atomic mass is 9.93. The zero-order chi connectivity index (χ0) is 14.7. The molecule has 0 amide bonds. The summed E-state index contributed by atoms with van der Waals surface area (Å²) >= 11 is 3.54. The molecule has 0 aliphatic heterocycles. The summed E-state index contributed by atoms with van der Waals surface area (Å²) in [6.07, 6.45) is 0. The summed E-state index contributed by atoms with van der Waals surface area (Å²) in [6, 6.07) is 6.17. The molecule has 0 spiro atoms. The van der Waals surface area contributed by atoms with E-state index in [-0.39, 0.29) is 11.0 Å². The second-order valence-corrected chi connectivity index (χ2v) is 7.84. The zero-order valence-electron chi connectivity index (χ0n) is 12.9. The van der Waals surface area contributed by atoms with Crippen LogP contribution in [0.4, 0.5) is 0 Å². The number of rotatable bonds is 5. The van der Waals surface area contributed by atoms with Crippen LogP contribution < -0.4 is 10.1 Å². The number of hydrogen-bond donors (Lipinski definition) is 1.